The summed E-state index contributed by atoms with van der Waals surface area (Å²) in [5.41, 5.74) is 2.28. The highest BCUT2D eigenvalue weighted by atomic mass is 32.1. The van der Waals surface area contributed by atoms with E-state index < -0.39 is 0 Å². The van der Waals surface area contributed by atoms with Gasteiger partial charge >= 0.3 is 0 Å². The molecule has 3 nitrogen and oxygen atoms in total. The van der Waals surface area contributed by atoms with Crippen molar-refractivity contribution in [1.82, 2.24) is 4.68 Å². The fraction of sp³-hybridized carbons (Fsp3) is 0. The molecule has 0 N–H and O–H groups in total. The quantitative estimate of drug-likeness (QED) is 0.410. The van der Waals surface area contributed by atoms with E-state index in [-0.39, 0.29) is 5.82 Å². The fourth-order valence-electron chi connectivity index (χ4n) is 2.20. The molecule has 1 aromatic carbocycles. The number of halogens is 1. The third-order valence-corrected chi connectivity index (χ3v) is 5.80. The van der Waals surface area contributed by atoms with Gasteiger partial charge in [-0.2, -0.15) is 16.4 Å². The van der Waals surface area contributed by atoms with Gasteiger partial charge in [0.15, 0.2) is 0 Å². The molecular formula is C18H12FN3S3. The molecule has 0 aliphatic rings. The van der Waals surface area contributed by atoms with Crippen molar-refractivity contribution in [2.45, 2.75) is 0 Å². The molecule has 0 fully saturated rings. The van der Waals surface area contributed by atoms with Crippen molar-refractivity contribution < 1.29 is 4.39 Å². The van der Waals surface area contributed by atoms with Crippen molar-refractivity contribution in [2.75, 3.05) is 0 Å². The van der Waals surface area contributed by atoms with E-state index in [1.54, 1.807) is 51.8 Å². The number of thiazole rings is 1. The van der Waals surface area contributed by atoms with Crippen LogP contribution in [0.2, 0.25) is 0 Å². The molecule has 0 saturated carbocycles. The first-order chi connectivity index (χ1) is 12.3. The molecule has 25 heavy (non-hydrogen) atoms. The Morgan fingerprint density at radius 1 is 0.960 bits per heavy atom. The van der Waals surface area contributed by atoms with Crippen LogP contribution in [-0.2, 0) is 0 Å². The van der Waals surface area contributed by atoms with Crippen LogP contribution in [0, 0.1) is 5.82 Å². The van der Waals surface area contributed by atoms with Gasteiger partial charge in [-0.15, -0.1) is 22.7 Å². The van der Waals surface area contributed by atoms with Gasteiger partial charge in [-0.25, -0.2) is 14.1 Å². The lowest BCUT2D eigenvalue weighted by molar-refractivity contribution is 0.628. The first kappa shape index (κ1) is 16.1. The molecule has 0 aliphatic heterocycles. The number of nitrogens with zero attached hydrogens (tertiary/aromatic N) is 3. The van der Waals surface area contributed by atoms with Crippen molar-refractivity contribution in [3.63, 3.8) is 0 Å². The van der Waals surface area contributed by atoms with E-state index >= 15 is 0 Å². The van der Waals surface area contributed by atoms with Gasteiger partial charge in [-0.3, -0.25) is 0 Å². The Morgan fingerprint density at radius 3 is 2.64 bits per heavy atom. The van der Waals surface area contributed by atoms with Gasteiger partial charge in [-0.1, -0.05) is 18.2 Å². The van der Waals surface area contributed by atoms with E-state index in [4.69, 9.17) is 0 Å². The second-order valence-corrected chi connectivity index (χ2v) is 7.62. The largest absolute Gasteiger partial charge is 0.217 e. The highest BCUT2D eigenvalue weighted by Gasteiger charge is 2.09. The minimum absolute atomic E-state index is 0.307. The van der Waals surface area contributed by atoms with Crippen LogP contribution in [-0.4, -0.2) is 10.9 Å². The van der Waals surface area contributed by atoms with Gasteiger partial charge in [0.05, 0.1) is 16.8 Å². The second kappa shape index (κ2) is 7.26. The number of hydrogen-bond donors (Lipinski definition) is 0. The molecular weight excluding hydrogens is 373 g/mol. The highest BCUT2D eigenvalue weighted by Crippen LogP contribution is 2.25. The Labute approximate surface area is 155 Å². The lowest BCUT2D eigenvalue weighted by Crippen LogP contribution is -2.11. The van der Waals surface area contributed by atoms with Gasteiger partial charge in [0.2, 0.25) is 4.80 Å². The summed E-state index contributed by atoms with van der Waals surface area (Å²) >= 11 is 4.69. The Hall–Kier alpha value is -2.35. The predicted octanol–water partition coefficient (Wildman–Crippen LogP) is 5.59. The summed E-state index contributed by atoms with van der Waals surface area (Å²) in [6.07, 6.45) is 1.79. The van der Waals surface area contributed by atoms with Crippen LogP contribution in [0.3, 0.4) is 0 Å². The van der Waals surface area contributed by atoms with Crippen LogP contribution in [0.5, 0.6) is 0 Å². The van der Waals surface area contributed by atoms with E-state index in [0.717, 1.165) is 16.1 Å². The predicted molar refractivity (Wildman–Crippen MR) is 105 cm³/mol. The molecule has 3 heterocycles. The summed E-state index contributed by atoms with van der Waals surface area (Å²) in [7, 11) is 0. The lowest BCUT2D eigenvalue weighted by Gasteiger charge is -2.01. The molecule has 0 amide bonds. The number of aromatic nitrogens is 1. The molecule has 0 atom stereocenters. The molecule has 124 valence electrons. The van der Waals surface area contributed by atoms with Gasteiger partial charge < -0.3 is 0 Å². The van der Waals surface area contributed by atoms with Crippen LogP contribution >= 0.6 is 34.0 Å². The minimum Gasteiger partial charge on any atom is -0.217 e. The Kier molecular flexibility index (Phi) is 4.69. The van der Waals surface area contributed by atoms with Crippen LogP contribution in [0.25, 0.3) is 10.6 Å². The number of para-hydroxylation sites is 1. The van der Waals surface area contributed by atoms with E-state index in [0.29, 0.717) is 10.5 Å². The average molecular weight is 386 g/mol. The van der Waals surface area contributed by atoms with Crippen molar-refractivity contribution >= 4 is 45.9 Å². The second-order valence-electron chi connectivity index (χ2n) is 5.06. The van der Waals surface area contributed by atoms with Crippen LogP contribution in [0.15, 0.2) is 74.1 Å². The first-order valence-electron chi connectivity index (χ1n) is 7.41. The SMILES string of the molecule is Fc1ccccc1N=c1scc(-c2cccs2)n1N=Cc1ccsc1. The van der Waals surface area contributed by atoms with Crippen molar-refractivity contribution in [3.8, 4) is 10.6 Å². The third kappa shape index (κ3) is 3.53. The number of benzene rings is 1. The van der Waals surface area contributed by atoms with Crippen molar-refractivity contribution in [3.05, 3.63) is 80.2 Å². The summed E-state index contributed by atoms with van der Waals surface area (Å²) in [5, 5.41) is 12.6. The number of rotatable bonds is 4. The molecule has 0 aliphatic carbocycles. The lowest BCUT2D eigenvalue weighted by atomic mass is 10.3. The molecule has 0 saturated heterocycles. The molecule has 4 aromatic rings. The van der Waals surface area contributed by atoms with Crippen LogP contribution in [0.4, 0.5) is 10.1 Å². The summed E-state index contributed by atoms with van der Waals surface area (Å²) in [6, 6.07) is 12.5. The Bertz CT molecular complexity index is 1060. The zero-order chi connectivity index (χ0) is 17.1. The van der Waals surface area contributed by atoms with Gasteiger partial charge in [-0.05, 0) is 40.4 Å². The maximum absolute atomic E-state index is 14.0. The Morgan fingerprint density at radius 2 is 1.88 bits per heavy atom. The average Bonchev–Trinajstić information content (AvgIpc) is 3.37. The molecule has 4 rings (SSSR count). The molecule has 0 unspecified atom stereocenters. The fourth-order valence-corrected chi connectivity index (χ4v) is 4.45. The van der Waals surface area contributed by atoms with Crippen LogP contribution < -0.4 is 4.80 Å². The van der Waals surface area contributed by atoms with E-state index in [1.807, 2.05) is 39.7 Å². The minimum atomic E-state index is -0.345. The molecule has 3 aromatic heterocycles. The molecule has 0 spiro atoms. The molecule has 7 heteroatoms. The smallest absolute Gasteiger partial charge is 0.211 e. The van der Waals surface area contributed by atoms with Crippen LogP contribution in [0.1, 0.15) is 5.56 Å². The number of thiophene rings is 2. The Balaban J connectivity index is 1.86. The number of hydrogen-bond acceptors (Lipinski definition) is 5. The normalized spacial score (nSPS) is 12.3. The summed E-state index contributed by atoms with van der Waals surface area (Å²) in [6.45, 7) is 0. The summed E-state index contributed by atoms with van der Waals surface area (Å²) < 4.78 is 15.7. The van der Waals surface area contributed by atoms with E-state index in [1.165, 1.54) is 17.4 Å². The highest BCUT2D eigenvalue weighted by molar-refractivity contribution is 7.14. The first-order valence-corrected chi connectivity index (χ1v) is 10.1. The van der Waals surface area contributed by atoms with Gasteiger partial charge in [0, 0.05) is 10.9 Å². The maximum Gasteiger partial charge on any atom is 0.211 e. The maximum atomic E-state index is 14.0. The third-order valence-electron chi connectivity index (χ3n) is 3.39. The molecule has 0 bridgehead atoms. The van der Waals surface area contributed by atoms with Gasteiger partial charge in [0.25, 0.3) is 0 Å². The van der Waals surface area contributed by atoms with Gasteiger partial charge in [0.1, 0.15) is 11.5 Å². The zero-order valence-corrected chi connectivity index (χ0v) is 15.3. The summed E-state index contributed by atoms with van der Waals surface area (Å²) in [4.78, 5) is 6.19. The van der Waals surface area contributed by atoms with E-state index in [9.17, 15) is 4.39 Å². The van der Waals surface area contributed by atoms with Crippen molar-refractivity contribution in [2.24, 2.45) is 10.1 Å². The summed E-state index contributed by atoms with van der Waals surface area (Å²) in [5.74, 6) is -0.345. The standard InChI is InChI=1S/C18H12FN3S3/c19-14-4-1-2-5-15(14)21-18-22(20-10-13-7-9-23-11-13)16(12-25-18)17-6-3-8-24-17/h1-12H. The van der Waals surface area contributed by atoms with Crippen molar-refractivity contribution in [1.29, 1.82) is 0 Å². The topological polar surface area (TPSA) is 29.6 Å². The van der Waals surface area contributed by atoms with E-state index in [2.05, 4.69) is 10.1 Å². The molecule has 0 radical (unpaired) electrons. The monoisotopic (exact) mass is 385 g/mol. The zero-order valence-electron chi connectivity index (χ0n) is 12.9.